The molecule has 0 aliphatic rings. The smallest absolute Gasteiger partial charge is 0.302 e. The normalized spacial score (nSPS) is 9.82. The van der Waals surface area contributed by atoms with Crippen LogP contribution in [0.4, 0.5) is 5.69 Å². The Morgan fingerprint density at radius 1 is 1.24 bits per heavy atom. The van der Waals surface area contributed by atoms with Gasteiger partial charge in [-0.2, -0.15) is 0 Å². The first kappa shape index (κ1) is 13.2. The minimum atomic E-state index is -0.335. The van der Waals surface area contributed by atoms with Crippen LogP contribution in [0.15, 0.2) is 24.3 Å². The van der Waals surface area contributed by atoms with E-state index in [4.69, 9.17) is 4.74 Å². The van der Waals surface area contributed by atoms with Crippen molar-refractivity contribution in [2.75, 3.05) is 18.1 Å². The van der Waals surface area contributed by atoms with E-state index in [1.54, 1.807) is 4.90 Å². The maximum atomic E-state index is 11.6. The number of hydrogen-bond donors (Lipinski definition) is 0. The van der Waals surface area contributed by atoms with E-state index in [0.29, 0.717) is 6.54 Å². The lowest BCUT2D eigenvalue weighted by molar-refractivity contribution is -0.140. The molecule has 0 heterocycles. The van der Waals surface area contributed by atoms with Crippen LogP contribution in [0, 0.1) is 6.92 Å². The SMILES string of the molecule is CC(=O)OCCN(C(C)=O)c1ccccc1C. The summed E-state index contributed by atoms with van der Waals surface area (Å²) < 4.78 is 4.85. The van der Waals surface area contributed by atoms with Crippen molar-refractivity contribution < 1.29 is 14.3 Å². The van der Waals surface area contributed by atoms with Crippen LogP contribution in [0.2, 0.25) is 0 Å². The molecule has 0 bridgehead atoms. The van der Waals surface area contributed by atoms with Gasteiger partial charge in [0, 0.05) is 19.5 Å². The van der Waals surface area contributed by atoms with Gasteiger partial charge in [0.05, 0.1) is 6.54 Å². The molecule has 0 saturated heterocycles. The zero-order valence-electron chi connectivity index (χ0n) is 10.4. The summed E-state index contributed by atoms with van der Waals surface area (Å²) in [5.74, 6) is -0.398. The van der Waals surface area contributed by atoms with Crippen molar-refractivity contribution in [3.63, 3.8) is 0 Å². The average molecular weight is 235 g/mol. The van der Waals surface area contributed by atoms with Gasteiger partial charge in [0.25, 0.3) is 0 Å². The lowest BCUT2D eigenvalue weighted by Crippen LogP contribution is -2.32. The second kappa shape index (κ2) is 6.03. The van der Waals surface area contributed by atoms with Crippen LogP contribution in [-0.4, -0.2) is 25.0 Å². The summed E-state index contributed by atoms with van der Waals surface area (Å²) in [7, 11) is 0. The number of hydrogen-bond acceptors (Lipinski definition) is 3. The van der Waals surface area contributed by atoms with Crippen molar-refractivity contribution in [2.45, 2.75) is 20.8 Å². The third-order valence-electron chi connectivity index (χ3n) is 2.41. The molecule has 0 spiro atoms. The van der Waals surface area contributed by atoms with E-state index in [9.17, 15) is 9.59 Å². The molecular formula is C13H17NO3. The highest BCUT2D eigenvalue weighted by molar-refractivity contribution is 5.92. The molecule has 0 aliphatic carbocycles. The van der Waals surface area contributed by atoms with E-state index in [0.717, 1.165) is 11.3 Å². The highest BCUT2D eigenvalue weighted by Crippen LogP contribution is 2.19. The number of carbonyl (C=O) groups is 2. The molecule has 0 fully saturated rings. The topological polar surface area (TPSA) is 46.6 Å². The number of anilines is 1. The second-order valence-electron chi connectivity index (χ2n) is 3.80. The molecule has 1 amide bonds. The van der Waals surface area contributed by atoms with Crippen LogP contribution in [-0.2, 0) is 14.3 Å². The van der Waals surface area contributed by atoms with Gasteiger partial charge in [0.1, 0.15) is 6.61 Å². The van der Waals surface area contributed by atoms with Crippen LogP contribution >= 0.6 is 0 Å². The molecule has 0 aromatic heterocycles. The zero-order valence-corrected chi connectivity index (χ0v) is 10.4. The first-order valence-corrected chi connectivity index (χ1v) is 5.49. The van der Waals surface area contributed by atoms with Crippen LogP contribution in [0.25, 0.3) is 0 Å². The van der Waals surface area contributed by atoms with Crippen molar-refractivity contribution >= 4 is 17.6 Å². The van der Waals surface area contributed by atoms with Crippen LogP contribution in [0.3, 0.4) is 0 Å². The number of amides is 1. The van der Waals surface area contributed by atoms with Crippen molar-refractivity contribution in [1.29, 1.82) is 0 Å². The van der Waals surface area contributed by atoms with E-state index in [1.807, 2.05) is 31.2 Å². The Balaban J connectivity index is 2.76. The Morgan fingerprint density at radius 2 is 1.88 bits per heavy atom. The molecule has 1 rings (SSSR count). The van der Waals surface area contributed by atoms with Gasteiger partial charge in [-0.1, -0.05) is 18.2 Å². The fraction of sp³-hybridized carbons (Fsp3) is 0.385. The Bertz CT molecular complexity index is 415. The number of para-hydroxylation sites is 1. The zero-order chi connectivity index (χ0) is 12.8. The number of ether oxygens (including phenoxy) is 1. The molecule has 1 aromatic carbocycles. The fourth-order valence-electron chi connectivity index (χ4n) is 1.59. The maximum Gasteiger partial charge on any atom is 0.302 e. The third kappa shape index (κ3) is 3.90. The van der Waals surface area contributed by atoms with E-state index >= 15 is 0 Å². The number of benzene rings is 1. The summed E-state index contributed by atoms with van der Waals surface area (Å²) in [6.45, 7) is 5.38. The maximum absolute atomic E-state index is 11.6. The molecule has 0 N–H and O–H groups in total. The minimum absolute atomic E-state index is 0.0635. The van der Waals surface area contributed by atoms with Crippen LogP contribution < -0.4 is 4.90 Å². The predicted molar refractivity (Wildman–Crippen MR) is 65.8 cm³/mol. The van der Waals surface area contributed by atoms with Gasteiger partial charge >= 0.3 is 5.97 Å². The van der Waals surface area contributed by atoms with E-state index < -0.39 is 0 Å². The Hall–Kier alpha value is -1.84. The van der Waals surface area contributed by atoms with Gasteiger partial charge in [-0.25, -0.2) is 0 Å². The van der Waals surface area contributed by atoms with Crippen molar-refractivity contribution in [2.24, 2.45) is 0 Å². The number of rotatable bonds is 4. The summed E-state index contributed by atoms with van der Waals surface area (Å²) in [5.41, 5.74) is 1.87. The van der Waals surface area contributed by atoms with E-state index in [2.05, 4.69) is 0 Å². The quantitative estimate of drug-likeness (QED) is 0.749. The molecule has 1 aromatic rings. The van der Waals surface area contributed by atoms with Gasteiger partial charge in [-0.05, 0) is 18.6 Å². The summed E-state index contributed by atoms with van der Waals surface area (Å²) in [6.07, 6.45) is 0. The molecule has 0 saturated carbocycles. The molecule has 0 unspecified atom stereocenters. The Labute approximate surface area is 101 Å². The molecule has 92 valence electrons. The number of aryl methyl sites for hydroxylation is 1. The predicted octanol–water partition coefficient (Wildman–Crippen LogP) is 1.91. The van der Waals surface area contributed by atoms with Gasteiger partial charge in [0.15, 0.2) is 0 Å². The van der Waals surface area contributed by atoms with E-state index in [1.165, 1.54) is 13.8 Å². The number of esters is 1. The van der Waals surface area contributed by atoms with Crippen molar-refractivity contribution in [1.82, 2.24) is 0 Å². The second-order valence-corrected chi connectivity index (χ2v) is 3.80. The average Bonchev–Trinajstić information content (AvgIpc) is 2.25. The minimum Gasteiger partial charge on any atom is -0.464 e. The van der Waals surface area contributed by atoms with Gasteiger partial charge in [-0.15, -0.1) is 0 Å². The third-order valence-corrected chi connectivity index (χ3v) is 2.41. The molecular weight excluding hydrogens is 218 g/mol. The summed E-state index contributed by atoms with van der Waals surface area (Å²) in [6, 6.07) is 7.62. The van der Waals surface area contributed by atoms with Crippen LogP contribution in [0.1, 0.15) is 19.4 Å². The van der Waals surface area contributed by atoms with E-state index in [-0.39, 0.29) is 18.5 Å². The Morgan fingerprint density at radius 3 is 2.41 bits per heavy atom. The molecule has 17 heavy (non-hydrogen) atoms. The highest BCUT2D eigenvalue weighted by Gasteiger charge is 2.13. The first-order chi connectivity index (χ1) is 8.02. The van der Waals surface area contributed by atoms with Gasteiger partial charge < -0.3 is 9.64 Å². The monoisotopic (exact) mass is 235 g/mol. The fourth-order valence-corrected chi connectivity index (χ4v) is 1.59. The van der Waals surface area contributed by atoms with Crippen molar-refractivity contribution in [3.8, 4) is 0 Å². The van der Waals surface area contributed by atoms with Crippen molar-refractivity contribution in [3.05, 3.63) is 29.8 Å². The number of nitrogens with zero attached hydrogens (tertiary/aromatic N) is 1. The summed E-state index contributed by atoms with van der Waals surface area (Å²) >= 11 is 0. The molecule has 0 radical (unpaired) electrons. The van der Waals surface area contributed by atoms with Crippen LogP contribution in [0.5, 0.6) is 0 Å². The lowest BCUT2D eigenvalue weighted by atomic mass is 10.2. The number of carbonyl (C=O) groups excluding carboxylic acids is 2. The summed E-state index contributed by atoms with van der Waals surface area (Å²) in [4.78, 5) is 23.8. The van der Waals surface area contributed by atoms with Gasteiger partial charge in [0.2, 0.25) is 5.91 Å². The highest BCUT2D eigenvalue weighted by atomic mass is 16.5. The standard InChI is InChI=1S/C13H17NO3/c1-10-6-4-5-7-13(10)14(11(2)15)8-9-17-12(3)16/h4-7H,8-9H2,1-3H3. The van der Waals surface area contributed by atoms with Gasteiger partial charge in [-0.3, -0.25) is 9.59 Å². The molecule has 0 atom stereocenters. The first-order valence-electron chi connectivity index (χ1n) is 5.49. The lowest BCUT2D eigenvalue weighted by Gasteiger charge is -2.22. The Kier molecular flexibility index (Phi) is 4.69. The molecule has 0 aliphatic heterocycles. The molecule has 4 nitrogen and oxygen atoms in total. The summed E-state index contributed by atoms with van der Waals surface area (Å²) in [5, 5.41) is 0. The largest absolute Gasteiger partial charge is 0.464 e. The molecule has 4 heteroatoms.